The van der Waals surface area contributed by atoms with Crippen molar-refractivity contribution in [3.63, 3.8) is 0 Å². The number of alkyl halides is 1. The fourth-order valence-electron chi connectivity index (χ4n) is 1.96. The summed E-state index contributed by atoms with van der Waals surface area (Å²) in [7, 11) is 0. The van der Waals surface area contributed by atoms with Crippen LogP contribution < -0.4 is 0 Å². The van der Waals surface area contributed by atoms with Crippen molar-refractivity contribution in [1.29, 1.82) is 0 Å². The Labute approximate surface area is 91.4 Å². The van der Waals surface area contributed by atoms with Gasteiger partial charge in [0.15, 0.2) is 0 Å². The normalized spacial score (nSPS) is 15.1. The van der Waals surface area contributed by atoms with Crippen LogP contribution in [0.25, 0.3) is 11.1 Å². The van der Waals surface area contributed by atoms with Gasteiger partial charge < -0.3 is 0 Å². The van der Waals surface area contributed by atoms with Crippen LogP contribution in [0.1, 0.15) is 0 Å². The molecule has 0 unspecified atom stereocenters. The van der Waals surface area contributed by atoms with Crippen molar-refractivity contribution in [1.82, 2.24) is 0 Å². The second-order valence-electron chi connectivity index (χ2n) is 3.43. The van der Waals surface area contributed by atoms with E-state index in [1.807, 2.05) is 0 Å². The number of hydrogen-bond donors (Lipinski definition) is 0. The van der Waals surface area contributed by atoms with Crippen LogP contribution in [0.15, 0.2) is 48.5 Å². The zero-order valence-corrected chi connectivity index (χ0v) is 10.2. The standard InChI is InChI=1S/C13H11I/c1-14-12-8-4-2-6-10(12)11-7-3-5-9-13(11)14/h2-9H,1H3. The Hall–Kier alpha value is -0.830. The number of fused-ring (bicyclic) bond motifs is 3. The Bertz CT molecular complexity index is 443. The van der Waals surface area contributed by atoms with Gasteiger partial charge in [-0.15, -0.1) is 0 Å². The van der Waals surface area contributed by atoms with Gasteiger partial charge in [0.05, 0.1) is 0 Å². The van der Waals surface area contributed by atoms with Crippen LogP contribution in [0.3, 0.4) is 0 Å². The quantitative estimate of drug-likeness (QED) is 0.511. The fourth-order valence-corrected chi connectivity index (χ4v) is 6.77. The molecule has 70 valence electrons. The van der Waals surface area contributed by atoms with Gasteiger partial charge >= 0.3 is 91.5 Å². The average Bonchev–Trinajstić information content (AvgIpc) is 2.55. The summed E-state index contributed by atoms with van der Waals surface area (Å²) in [6, 6.07) is 17.7. The van der Waals surface area contributed by atoms with Crippen molar-refractivity contribution in [3.05, 3.63) is 55.7 Å². The molecule has 0 fully saturated rings. The summed E-state index contributed by atoms with van der Waals surface area (Å²) in [6.45, 7) is 0. The molecule has 0 spiro atoms. The Morgan fingerprint density at radius 1 is 0.714 bits per heavy atom. The molecule has 0 aliphatic carbocycles. The van der Waals surface area contributed by atoms with E-state index in [0.717, 1.165) is 0 Å². The van der Waals surface area contributed by atoms with Crippen molar-refractivity contribution < 1.29 is 0 Å². The third-order valence-electron chi connectivity index (χ3n) is 2.65. The minimum atomic E-state index is -1.02. The first-order chi connectivity index (χ1) is 6.88. The maximum absolute atomic E-state index is 2.44. The van der Waals surface area contributed by atoms with Crippen LogP contribution in [-0.4, -0.2) is 4.93 Å². The summed E-state index contributed by atoms with van der Waals surface area (Å²) in [5.41, 5.74) is 2.96. The summed E-state index contributed by atoms with van der Waals surface area (Å²) >= 11 is -1.02. The molecule has 14 heavy (non-hydrogen) atoms. The molecule has 0 atom stereocenters. The number of hydrogen-bond acceptors (Lipinski definition) is 0. The van der Waals surface area contributed by atoms with E-state index in [2.05, 4.69) is 53.5 Å². The Morgan fingerprint density at radius 2 is 1.14 bits per heavy atom. The number of rotatable bonds is 0. The Kier molecular flexibility index (Phi) is 1.87. The van der Waals surface area contributed by atoms with Crippen LogP contribution in [0.4, 0.5) is 0 Å². The van der Waals surface area contributed by atoms with E-state index in [1.54, 1.807) is 7.14 Å². The molecule has 2 aromatic rings. The van der Waals surface area contributed by atoms with E-state index < -0.39 is 19.8 Å². The molecule has 1 heteroatoms. The molecular weight excluding hydrogens is 283 g/mol. The molecule has 1 heterocycles. The van der Waals surface area contributed by atoms with Crippen molar-refractivity contribution in [2.75, 3.05) is 4.93 Å². The average molecular weight is 294 g/mol. The molecule has 2 aromatic carbocycles. The third-order valence-corrected chi connectivity index (χ3v) is 8.02. The van der Waals surface area contributed by atoms with Crippen LogP contribution in [0.5, 0.6) is 0 Å². The predicted octanol–water partition coefficient (Wildman–Crippen LogP) is 3.84. The van der Waals surface area contributed by atoms with Gasteiger partial charge in [0, 0.05) is 0 Å². The van der Waals surface area contributed by atoms with Crippen molar-refractivity contribution >= 4 is 19.8 Å². The van der Waals surface area contributed by atoms with Gasteiger partial charge in [-0.1, -0.05) is 0 Å². The second kappa shape index (κ2) is 3.09. The van der Waals surface area contributed by atoms with Crippen molar-refractivity contribution in [2.24, 2.45) is 0 Å². The molecule has 0 aromatic heterocycles. The molecule has 3 rings (SSSR count). The molecule has 0 bridgehead atoms. The van der Waals surface area contributed by atoms with Crippen molar-refractivity contribution in [3.8, 4) is 11.1 Å². The van der Waals surface area contributed by atoms with Crippen LogP contribution in [0.2, 0.25) is 0 Å². The van der Waals surface area contributed by atoms with Crippen LogP contribution in [0, 0.1) is 7.14 Å². The SMILES string of the molecule is CI1c2ccccc2-c2ccccc21. The molecule has 0 saturated heterocycles. The summed E-state index contributed by atoms with van der Waals surface area (Å²) in [4.78, 5) is 2.44. The van der Waals surface area contributed by atoms with E-state index in [0.29, 0.717) is 0 Å². The van der Waals surface area contributed by atoms with E-state index in [-0.39, 0.29) is 0 Å². The first-order valence-corrected chi connectivity index (χ1v) is 8.98. The van der Waals surface area contributed by atoms with Gasteiger partial charge in [-0.3, -0.25) is 0 Å². The van der Waals surface area contributed by atoms with E-state index in [4.69, 9.17) is 0 Å². The van der Waals surface area contributed by atoms with Gasteiger partial charge in [0.25, 0.3) is 0 Å². The van der Waals surface area contributed by atoms with Gasteiger partial charge in [0.2, 0.25) is 0 Å². The molecule has 1 aliphatic heterocycles. The summed E-state index contributed by atoms with van der Waals surface area (Å²) in [6.07, 6.45) is 0. The van der Waals surface area contributed by atoms with E-state index in [1.165, 1.54) is 11.1 Å². The van der Waals surface area contributed by atoms with Crippen LogP contribution in [-0.2, 0) is 0 Å². The van der Waals surface area contributed by atoms with Gasteiger partial charge in [0.1, 0.15) is 0 Å². The Morgan fingerprint density at radius 3 is 1.64 bits per heavy atom. The zero-order valence-electron chi connectivity index (χ0n) is 8.00. The van der Waals surface area contributed by atoms with Crippen molar-refractivity contribution in [2.45, 2.75) is 0 Å². The summed E-state index contributed by atoms with van der Waals surface area (Å²) < 4.78 is 3.25. The minimum absolute atomic E-state index is 1.02. The van der Waals surface area contributed by atoms with Gasteiger partial charge in [-0.25, -0.2) is 0 Å². The van der Waals surface area contributed by atoms with Gasteiger partial charge in [-0.2, -0.15) is 0 Å². The second-order valence-corrected chi connectivity index (χ2v) is 8.45. The maximum atomic E-state index is 2.44. The fraction of sp³-hybridized carbons (Fsp3) is 0.0769. The number of halogens is 1. The van der Waals surface area contributed by atoms with Gasteiger partial charge in [-0.05, 0) is 0 Å². The molecule has 0 nitrogen and oxygen atoms in total. The molecule has 0 radical (unpaired) electrons. The van der Waals surface area contributed by atoms with Crippen LogP contribution >= 0.6 is 19.8 Å². The molecule has 1 aliphatic rings. The molecule has 0 saturated carbocycles. The summed E-state index contributed by atoms with van der Waals surface area (Å²) in [5.74, 6) is 0. The van der Waals surface area contributed by atoms with E-state index in [9.17, 15) is 0 Å². The molecule has 0 amide bonds. The summed E-state index contributed by atoms with van der Waals surface area (Å²) in [5, 5.41) is 0. The third kappa shape index (κ3) is 1.05. The zero-order chi connectivity index (χ0) is 9.54. The topological polar surface area (TPSA) is 0 Å². The first-order valence-electron chi connectivity index (χ1n) is 4.66. The Balaban J connectivity index is 2.36. The number of benzene rings is 2. The molecular formula is C13H11I. The van der Waals surface area contributed by atoms with E-state index >= 15 is 0 Å². The monoisotopic (exact) mass is 294 g/mol. The first kappa shape index (κ1) is 8.48. The predicted molar refractivity (Wildman–Crippen MR) is 69.2 cm³/mol. The molecule has 0 N–H and O–H groups in total.